The van der Waals surface area contributed by atoms with Crippen LogP contribution in [0.2, 0.25) is 0 Å². The fourth-order valence-electron chi connectivity index (χ4n) is 2.26. The Labute approximate surface area is 106 Å². The van der Waals surface area contributed by atoms with Crippen LogP contribution >= 0.6 is 0 Å². The molecule has 2 aromatic rings. The van der Waals surface area contributed by atoms with E-state index in [1.807, 2.05) is 38.1 Å². The number of rotatable bonds is 3. The monoisotopic (exact) mass is 244 g/mol. The van der Waals surface area contributed by atoms with E-state index in [1.165, 1.54) is 0 Å². The maximum atomic E-state index is 11.3. The van der Waals surface area contributed by atoms with Crippen molar-refractivity contribution in [2.75, 3.05) is 7.11 Å². The normalized spacial score (nSPS) is 10.9. The van der Waals surface area contributed by atoms with Crippen molar-refractivity contribution in [3.05, 3.63) is 41.5 Å². The topological polar surface area (TPSA) is 46.5 Å². The summed E-state index contributed by atoms with van der Waals surface area (Å²) in [6.45, 7) is 4.00. The van der Waals surface area contributed by atoms with E-state index in [4.69, 9.17) is 4.74 Å². The van der Waals surface area contributed by atoms with Crippen LogP contribution in [0.25, 0.3) is 10.8 Å². The molecule has 0 unspecified atom stereocenters. The molecule has 2 rings (SSSR count). The lowest BCUT2D eigenvalue weighted by Gasteiger charge is -2.14. The summed E-state index contributed by atoms with van der Waals surface area (Å²) in [5, 5.41) is 11.2. The lowest BCUT2D eigenvalue weighted by Crippen LogP contribution is -2.04. The minimum absolute atomic E-state index is 0.145. The molecule has 1 N–H and O–H groups in total. The van der Waals surface area contributed by atoms with Gasteiger partial charge in [0, 0.05) is 0 Å². The van der Waals surface area contributed by atoms with Crippen LogP contribution in [0.5, 0.6) is 5.75 Å². The second kappa shape index (κ2) is 4.69. The highest BCUT2D eigenvalue weighted by Gasteiger charge is 2.16. The summed E-state index contributed by atoms with van der Waals surface area (Å²) in [7, 11) is 1.61. The molecule has 0 aliphatic rings. The molecule has 0 aliphatic heterocycles. The Balaban J connectivity index is 2.82. The minimum Gasteiger partial charge on any atom is -0.497 e. The van der Waals surface area contributed by atoms with Crippen LogP contribution in [0.4, 0.5) is 0 Å². The quantitative estimate of drug-likeness (QED) is 0.896. The summed E-state index contributed by atoms with van der Waals surface area (Å²) in [6, 6.07) is 9.24. The second-order valence-electron chi connectivity index (χ2n) is 4.57. The molecule has 3 heteroatoms. The third-order valence-corrected chi connectivity index (χ3v) is 3.08. The van der Waals surface area contributed by atoms with E-state index in [9.17, 15) is 9.90 Å². The predicted octanol–water partition coefficient (Wildman–Crippen LogP) is 3.67. The van der Waals surface area contributed by atoms with E-state index in [0.717, 1.165) is 22.1 Å². The van der Waals surface area contributed by atoms with Gasteiger partial charge in [0.05, 0.1) is 12.7 Å². The molecule has 18 heavy (non-hydrogen) atoms. The molecule has 0 radical (unpaired) electrons. The van der Waals surface area contributed by atoms with Gasteiger partial charge >= 0.3 is 5.97 Å². The fraction of sp³-hybridized carbons (Fsp3) is 0.267. The zero-order valence-electron chi connectivity index (χ0n) is 10.7. The number of ether oxygens (including phenoxy) is 1. The van der Waals surface area contributed by atoms with Crippen LogP contribution in [0, 0.1) is 0 Å². The van der Waals surface area contributed by atoms with Crippen LogP contribution in [-0.4, -0.2) is 18.2 Å². The smallest absolute Gasteiger partial charge is 0.335 e. The van der Waals surface area contributed by atoms with Gasteiger partial charge in [-0.25, -0.2) is 4.79 Å². The number of carboxylic acids is 1. The molecule has 94 valence electrons. The Morgan fingerprint density at radius 1 is 1.22 bits per heavy atom. The first-order chi connectivity index (χ1) is 8.54. The number of benzene rings is 2. The summed E-state index contributed by atoms with van der Waals surface area (Å²) < 4.78 is 5.21. The van der Waals surface area contributed by atoms with Crippen molar-refractivity contribution in [3.63, 3.8) is 0 Å². The highest BCUT2D eigenvalue weighted by Crippen LogP contribution is 2.31. The van der Waals surface area contributed by atoms with Crippen molar-refractivity contribution in [1.82, 2.24) is 0 Å². The third-order valence-electron chi connectivity index (χ3n) is 3.08. The van der Waals surface area contributed by atoms with Crippen LogP contribution in [0.1, 0.15) is 35.7 Å². The SMILES string of the molecule is COc1ccc2ccc(C(=O)O)c(C(C)C)c2c1. The van der Waals surface area contributed by atoms with E-state index >= 15 is 0 Å². The fourth-order valence-corrected chi connectivity index (χ4v) is 2.26. The predicted molar refractivity (Wildman–Crippen MR) is 71.5 cm³/mol. The third kappa shape index (κ3) is 2.04. The maximum Gasteiger partial charge on any atom is 0.335 e. The molecule has 0 atom stereocenters. The average molecular weight is 244 g/mol. The Morgan fingerprint density at radius 2 is 1.89 bits per heavy atom. The Kier molecular flexibility index (Phi) is 3.24. The van der Waals surface area contributed by atoms with Crippen molar-refractivity contribution >= 4 is 16.7 Å². The van der Waals surface area contributed by atoms with E-state index in [0.29, 0.717) is 5.56 Å². The first kappa shape index (κ1) is 12.4. The summed E-state index contributed by atoms with van der Waals surface area (Å²) >= 11 is 0. The molecule has 0 spiro atoms. The number of hydrogen-bond acceptors (Lipinski definition) is 2. The van der Waals surface area contributed by atoms with Crippen molar-refractivity contribution < 1.29 is 14.6 Å². The van der Waals surface area contributed by atoms with Gasteiger partial charge in [-0.3, -0.25) is 0 Å². The Morgan fingerprint density at radius 3 is 2.44 bits per heavy atom. The highest BCUT2D eigenvalue weighted by atomic mass is 16.5. The van der Waals surface area contributed by atoms with Gasteiger partial charge in [0.15, 0.2) is 0 Å². The lowest BCUT2D eigenvalue weighted by atomic mass is 9.91. The molecule has 0 bridgehead atoms. The van der Waals surface area contributed by atoms with Crippen LogP contribution in [-0.2, 0) is 0 Å². The van der Waals surface area contributed by atoms with Gasteiger partial charge in [-0.1, -0.05) is 26.0 Å². The van der Waals surface area contributed by atoms with Gasteiger partial charge < -0.3 is 9.84 Å². The molecule has 0 heterocycles. The molecule has 0 aliphatic carbocycles. The summed E-state index contributed by atoms with van der Waals surface area (Å²) in [4.78, 5) is 11.3. The molecule has 3 nitrogen and oxygen atoms in total. The first-order valence-corrected chi connectivity index (χ1v) is 5.88. The van der Waals surface area contributed by atoms with E-state index in [-0.39, 0.29) is 5.92 Å². The minimum atomic E-state index is -0.886. The van der Waals surface area contributed by atoms with E-state index in [1.54, 1.807) is 13.2 Å². The number of hydrogen-bond donors (Lipinski definition) is 1. The van der Waals surface area contributed by atoms with Crippen LogP contribution < -0.4 is 4.74 Å². The molecule has 2 aromatic carbocycles. The number of methoxy groups -OCH3 is 1. The summed E-state index contributed by atoms with van der Waals surface area (Å²) in [5.74, 6) is 0.00210. The molecule has 0 amide bonds. The second-order valence-corrected chi connectivity index (χ2v) is 4.57. The largest absolute Gasteiger partial charge is 0.497 e. The Hall–Kier alpha value is -2.03. The van der Waals surface area contributed by atoms with Crippen molar-refractivity contribution in [3.8, 4) is 5.75 Å². The van der Waals surface area contributed by atoms with Gasteiger partial charge in [-0.15, -0.1) is 0 Å². The molecular weight excluding hydrogens is 228 g/mol. The van der Waals surface area contributed by atoms with E-state index < -0.39 is 5.97 Å². The Bertz CT molecular complexity index is 600. The molecule has 0 aromatic heterocycles. The van der Waals surface area contributed by atoms with Crippen LogP contribution in [0.15, 0.2) is 30.3 Å². The molecule has 0 fully saturated rings. The highest BCUT2D eigenvalue weighted by molar-refractivity contribution is 5.98. The maximum absolute atomic E-state index is 11.3. The number of carboxylic acid groups (broad SMARTS) is 1. The molecule has 0 saturated carbocycles. The van der Waals surface area contributed by atoms with Crippen LogP contribution in [0.3, 0.4) is 0 Å². The zero-order chi connectivity index (χ0) is 13.3. The first-order valence-electron chi connectivity index (χ1n) is 5.88. The van der Waals surface area contributed by atoms with E-state index in [2.05, 4.69) is 0 Å². The number of carbonyl (C=O) groups is 1. The lowest BCUT2D eigenvalue weighted by molar-refractivity contribution is 0.0695. The van der Waals surface area contributed by atoms with Gasteiger partial charge in [-0.2, -0.15) is 0 Å². The molecule has 0 saturated heterocycles. The van der Waals surface area contributed by atoms with Gasteiger partial charge in [0.2, 0.25) is 0 Å². The van der Waals surface area contributed by atoms with Crippen molar-refractivity contribution in [1.29, 1.82) is 0 Å². The summed E-state index contributed by atoms with van der Waals surface area (Å²) in [6.07, 6.45) is 0. The van der Waals surface area contributed by atoms with Crippen molar-refractivity contribution in [2.45, 2.75) is 19.8 Å². The van der Waals surface area contributed by atoms with Gasteiger partial charge in [0.25, 0.3) is 0 Å². The van der Waals surface area contributed by atoms with Crippen molar-refractivity contribution in [2.24, 2.45) is 0 Å². The zero-order valence-corrected chi connectivity index (χ0v) is 10.7. The number of fused-ring (bicyclic) bond motifs is 1. The molecular formula is C15H16O3. The standard InChI is InChI=1S/C15H16O3/c1-9(2)14-12(15(16)17)7-5-10-4-6-11(18-3)8-13(10)14/h4-9H,1-3H3,(H,16,17). The van der Waals surface area contributed by atoms with Gasteiger partial charge in [0.1, 0.15) is 5.75 Å². The number of aromatic carboxylic acids is 1. The van der Waals surface area contributed by atoms with Gasteiger partial charge in [-0.05, 0) is 40.5 Å². The average Bonchev–Trinajstić information content (AvgIpc) is 2.36. The summed E-state index contributed by atoms with van der Waals surface area (Å²) in [5.41, 5.74) is 1.23.